The fourth-order valence-electron chi connectivity index (χ4n) is 1.47. The van der Waals surface area contributed by atoms with Gasteiger partial charge in [-0.15, -0.1) is 0 Å². The second-order valence-electron chi connectivity index (χ2n) is 3.77. The average Bonchev–Trinajstić information content (AvgIpc) is 2.37. The van der Waals surface area contributed by atoms with Gasteiger partial charge in [0.05, 0.1) is 16.9 Å². The Kier molecular flexibility index (Phi) is 3.49. The van der Waals surface area contributed by atoms with Crippen LogP contribution in [0.2, 0.25) is 5.28 Å². The van der Waals surface area contributed by atoms with Gasteiger partial charge >= 0.3 is 0 Å². The summed E-state index contributed by atoms with van der Waals surface area (Å²) < 4.78 is 13.2. The molecular formula is C12H9ClFN5. The van der Waals surface area contributed by atoms with Gasteiger partial charge in [-0.05, 0) is 36.7 Å². The molecule has 0 spiro atoms. The van der Waals surface area contributed by atoms with Gasteiger partial charge in [0, 0.05) is 5.69 Å². The van der Waals surface area contributed by atoms with Crippen LogP contribution in [0.5, 0.6) is 0 Å². The number of nitrogens with two attached hydrogens (primary N) is 1. The number of nitriles is 1. The minimum Gasteiger partial charge on any atom is -0.394 e. The molecule has 0 radical (unpaired) electrons. The van der Waals surface area contributed by atoms with Crippen LogP contribution in [0, 0.1) is 24.1 Å². The summed E-state index contributed by atoms with van der Waals surface area (Å²) in [6, 6.07) is 5.78. The molecule has 0 atom stereocenters. The van der Waals surface area contributed by atoms with Gasteiger partial charge < -0.3 is 11.1 Å². The van der Waals surface area contributed by atoms with Crippen LogP contribution in [0.1, 0.15) is 11.3 Å². The molecule has 0 aliphatic heterocycles. The Bertz CT molecular complexity index is 681. The predicted octanol–water partition coefficient (Wildman–Crippen LogP) is 2.78. The van der Waals surface area contributed by atoms with Crippen LogP contribution in [-0.2, 0) is 0 Å². The lowest BCUT2D eigenvalue weighted by molar-refractivity contribution is 0.624. The fourth-order valence-corrected chi connectivity index (χ4v) is 1.68. The van der Waals surface area contributed by atoms with Crippen LogP contribution in [-0.4, -0.2) is 9.97 Å². The molecule has 2 aromatic rings. The molecular weight excluding hydrogens is 269 g/mol. The van der Waals surface area contributed by atoms with Gasteiger partial charge in [0.25, 0.3) is 0 Å². The van der Waals surface area contributed by atoms with E-state index in [2.05, 4.69) is 15.3 Å². The number of hydrogen-bond acceptors (Lipinski definition) is 5. The van der Waals surface area contributed by atoms with Crippen molar-refractivity contribution in [1.82, 2.24) is 9.97 Å². The van der Waals surface area contributed by atoms with E-state index >= 15 is 0 Å². The smallest absolute Gasteiger partial charge is 0.224 e. The summed E-state index contributed by atoms with van der Waals surface area (Å²) >= 11 is 5.74. The van der Waals surface area contributed by atoms with Crippen LogP contribution in [0.15, 0.2) is 18.2 Å². The third-order valence-corrected chi connectivity index (χ3v) is 2.63. The Balaban J connectivity index is 2.39. The molecule has 0 unspecified atom stereocenters. The monoisotopic (exact) mass is 277 g/mol. The standard InChI is InChI=1S/C12H9ClFN5/c1-6-10(16)11(19-12(13)17-6)18-8-2-3-9(14)7(4-8)5-15/h2-4H,16H2,1H3,(H,17,18,19). The topological polar surface area (TPSA) is 87.6 Å². The van der Waals surface area contributed by atoms with Crippen molar-refractivity contribution in [2.45, 2.75) is 6.92 Å². The summed E-state index contributed by atoms with van der Waals surface area (Å²) in [5.41, 5.74) is 7.10. The number of aromatic nitrogens is 2. The minimum atomic E-state index is -0.585. The molecule has 1 heterocycles. The van der Waals surface area contributed by atoms with Crippen LogP contribution < -0.4 is 11.1 Å². The molecule has 5 nitrogen and oxygen atoms in total. The predicted molar refractivity (Wildman–Crippen MR) is 70.6 cm³/mol. The molecule has 7 heteroatoms. The van der Waals surface area contributed by atoms with Gasteiger partial charge in [-0.3, -0.25) is 0 Å². The van der Waals surface area contributed by atoms with E-state index in [4.69, 9.17) is 22.6 Å². The second kappa shape index (κ2) is 5.08. The number of nitrogens with one attached hydrogen (secondary N) is 1. The lowest BCUT2D eigenvalue weighted by atomic mass is 10.2. The maximum atomic E-state index is 13.2. The molecule has 0 amide bonds. The summed E-state index contributed by atoms with van der Waals surface area (Å²) in [5, 5.41) is 11.7. The van der Waals surface area contributed by atoms with Crippen molar-refractivity contribution in [2.75, 3.05) is 11.1 Å². The van der Waals surface area contributed by atoms with E-state index in [0.717, 1.165) is 0 Å². The quantitative estimate of drug-likeness (QED) is 0.824. The highest BCUT2D eigenvalue weighted by atomic mass is 35.5. The molecule has 3 N–H and O–H groups in total. The van der Waals surface area contributed by atoms with E-state index in [-0.39, 0.29) is 10.8 Å². The third kappa shape index (κ3) is 2.72. The van der Waals surface area contributed by atoms with Gasteiger partial charge in [-0.1, -0.05) is 0 Å². The normalized spacial score (nSPS) is 10.0. The molecule has 1 aromatic heterocycles. The van der Waals surface area contributed by atoms with E-state index < -0.39 is 5.82 Å². The summed E-state index contributed by atoms with van der Waals surface area (Å²) in [6.45, 7) is 1.69. The zero-order valence-corrected chi connectivity index (χ0v) is 10.7. The second-order valence-corrected chi connectivity index (χ2v) is 4.11. The van der Waals surface area contributed by atoms with Crippen molar-refractivity contribution in [1.29, 1.82) is 5.26 Å². The van der Waals surface area contributed by atoms with Gasteiger partial charge in [0.1, 0.15) is 11.9 Å². The van der Waals surface area contributed by atoms with Crippen molar-refractivity contribution in [3.63, 3.8) is 0 Å². The van der Waals surface area contributed by atoms with Gasteiger partial charge in [-0.2, -0.15) is 10.2 Å². The van der Waals surface area contributed by atoms with Crippen LogP contribution in [0.25, 0.3) is 0 Å². The van der Waals surface area contributed by atoms with Crippen molar-refractivity contribution in [3.8, 4) is 6.07 Å². The maximum absolute atomic E-state index is 13.2. The number of hydrogen-bond donors (Lipinski definition) is 2. The number of nitrogen functional groups attached to an aromatic ring is 1. The van der Waals surface area contributed by atoms with E-state index in [0.29, 0.717) is 22.9 Å². The number of nitrogens with zero attached hydrogens (tertiary/aromatic N) is 3. The highest BCUT2D eigenvalue weighted by molar-refractivity contribution is 6.28. The minimum absolute atomic E-state index is 0.0526. The van der Waals surface area contributed by atoms with Gasteiger partial charge in [0.15, 0.2) is 5.82 Å². The van der Waals surface area contributed by atoms with Crippen molar-refractivity contribution < 1.29 is 4.39 Å². The number of aryl methyl sites for hydroxylation is 1. The molecule has 0 aliphatic rings. The summed E-state index contributed by atoms with van der Waals surface area (Å²) in [6.07, 6.45) is 0. The maximum Gasteiger partial charge on any atom is 0.224 e. The molecule has 2 rings (SSSR count). The van der Waals surface area contributed by atoms with Crippen LogP contribution >= 0.6 is 11.6 Å². The Morgan fingerprint density at radius 2 is 2.16 bits per heavy atom. The summed E-state index contributed by atoms with van der Waals surface area (Å²) in [7, 11) is 0. The SMILES string of the molecule is Cc1nc(Cl)nc(Nc2ccc(F)c(C#N)c2)c1N. The first kappa shape index (κ1) is 13.1. The number of rotatable bonds is 2. The Morgan fingerprint density at radius 1 is 1.42 bits per heavy atom. The molecule has 19 heavy (non-hydrogen) atoms. The fraction of sp³-hybridized carbons (Fsp3) is 0.0833. The van der Waals surface area contributed by atoms with Gasteiger partial charge in [0.2, 0.25) is 5.28 Å². The molecule has 1 aromatic carbocycles. The Hall–Kier alpha value is -2.39. The average molecular weight is 278 g/mol. The zero-order chi connectivity index (χ0) is 14.0. The molecule has 0 aliphatic carbocycles. The van der Waals surface area contributed by atoms with E-state index in [1.54, 1.807) is 13.0 Å². The molecule has 0 bridgehead atoms. The molecule has 96 valence electrons. The zero-order valence-electron chi connectivity index (χ0n) is 9.91. The van der Waals surface area contributed by atoms with Crippen molar-refractivity contribution in [2.24, 2.45) is 0 Å². The Labute approximate surface area is 113 Å². The first-order valence-electron chi connectivity index (χ1n) is 5.27. The van der Waals surface area contributed by atoms with E-state index in [9.17, 15) is 4.39 Å². The first-order chi connectivity index (χ1) is 9.01. The summed E-state index contributed by atoms with van der Waals surface area (Å²) in [5.74, 6) is -0.272. The number of anilines is 3. The lowest BCUT2D eigenvalue weighted by Crippen LogP contribution is -2.04. The lowest BCUT2D eigenvalue weighted by Gasteiger charge is -2.10. The van der Waals surface area contributed by atoms with E-state index in [1.807, 2.05) is 0 Å². The number of halogens is 2. The molecule has 0 saturated heterocycles. The van der Waals surface area contributed by atoms with Crippen LogP contribution in [0.4, 0.5) is 21.6 Å². The van der Waals surface area contributed by atoms with Gasteiger partial charge in [-0.25, -0.2) is 9.37 Å². The molecule has 0 fully saturated rings. The highest BCUT2D eigenvalue weighted by Crippen LogP contribution is 2.25. The van der Waals surface area contributed by atoms with E-state index in [1.165, 1.54) is 18.2 Å². The van der Waals surface area contributed by atoms with Crippen molar-refractivity contribution in [3.05, 3.63) is 40.6 Å². The van der Waals surface area contributed by atoms with Crippen molar-refractivity contribution >= 4 is 28.8 Å². The first-order valence-corrected chi connectivity index (χ1v) is 5.65. The largest absolute Gasteiger partial charge is 0.394 e. The molecule has 0 saturated carbocycles. The Morgan fingerprint density at radius 3 is 2.84 bits per heavy atom. The summed E-state index contributed by atoms with van der Waals surface area (Å²) in [4.78, 5) is 7.85. The third-order valence-electron chi connectivity index (χ3n) is 2.46. The van der Waals surface area contributed by atoms with Crippen LogP contribution in [0.3, 0.4) is 0 Å². The highest BCUT2D eigenvalue weighted by Gasteiger charge is 2.09. The number of benzene rings is 1.